The zero-order valence-corrected chi connectivity index (χ0v) is 15.7. The van der Waals surface area contributed by atoms with E-state index in [0.29, 0.717) is 0 Å². The third-order valence-electron chi connectivity index (χ3n) is 5.65. The van der Waals surface area contributed by atoms with Gasteiger partial charge in [-0.05, 0) is 36.6 Å². The van der Waals surface area contributed by atoms with E-state index < -0.39 is 0 Å². The average Bonchev–Trinajstić information content (AvgIpc) is 3.09. The lowest BCUT2D eigenvalue weighted by Gasteiger charge is -2.35. The molecule has 5 nitrogen and oxygen atoms in total. The van der Waals surface area contributed by atoms with Gasteiger partial charge in [-0.1, -0.05) is 30.3 Å². The molecule has 0 radical (unpaired) electrons. The van der Waals surface area contributed by atoms with Gasteiger partial charge in [-0.25, -0.2) is 14.1 Å². The van der Waals surface area contributed by atoms with Crippen LogP contribution < -0.4 is 21.1 Å². The van der Waals surface area contributed by atoms with E-state index in [9.17, 15) is 4.39 Å². The van der Waals surface area contributed by atoms with Gasteiger partial charge in [0, 0.05) is 35.4 Å². The van der Waals surface area contributed by atoms with E-state index in [-0.39, 0.29) is 17.8 Å². The highest BCUT2D eigenvalue weighted by atomic mass is 19.1. The van der Waals surface area contributed by atoms with E-state index in [4.69, 9.17) is 0 Å². The van der Waals surface area contributed by atoms with E-state index in [1.54, 1.807) is 18.5 Å². The largest absolute Gasteiger partial charge is 0.390 e. The number of halogens is 1. The summed E-state index contributed by atoms with van der Waals surface area (Å²) in [6.45, 7) is 3.64. The number of hydrogen-bond donors (Lipinski definition) is 2. The van der Waals surface area contributed by atoms with Gasteiger partial charge in [0.15, 0.2) is 0 Å². The Morgan fingerprint density at radius 1 is 1.21 bits per heavy atom. The average molecular weight is 375 g/mol. The van der Waals surface area contributed by atoms with Crippen molar-refractivity contribution < 1.29 is 4.39 Å². The second kappa shape index (κ2) is 6.78. The molecule has 5 rings (SSSR count). The molecular formula is C22H22FN5. The van der Waals surface area contributed by atoms with Gasteiger partial charge >= 0.3 is 0 Å². The monoisotopic (exact) mass is 375 g/mol. The molecule has 142 valence electrons. The third-order valence-corrected chi connectivity index (χ3v) is 5.65. The van der Waals surface area contributed by atoms with Gasteiger partial charge in [-0.2, -0.15) is 5.10 Å². The summed E-state index contributed by atoms with van der Waals surface area (Å²) >= 11 is 0. The summed E-state index contributed by atoms with van der Waals surface area (Å²) in [5.41, 5.74) is 3.28. The van der Waals surface area contributed by atoms with Gasteiger partial charge in [0.2, 0.25) is 0 Å². The first-order valence-electron chi connectivity index (χ1n) is 9.71. The Morgan fingerprint density at radius 2 is 2.07 bits per heavy atom. The van der Waals surface area contributed by atoms with Crippen molar-refractivity contribution in [2.45, 2.75) is 31.8 Å². The molecule has 1 aromatic heterocycles. The third kappa shape index (κ3) is 2.68. The van der Waals surface area contributed by atoms with Crippen molar-refractivity contribution in [1.29, 1.82) is 0 Å². The van der Waals surface area contributed by atoms with Gasteiger partial charge in [-0.15, -0.1) is 0 Å². The Bertz CT molecular complexity index is 1140. The molecule has 2 N–H and O–H groups in total. The number of aromatic nitrogens is 3. The van der Waals surface area contributed by atoms with Crippen molar-refractivity contribution >= 4 is 17.5 Å². The van der Waals surface area contributed by atoms with Crippen LogP contribution in [0.25, 0.3) is 11.8 Å². The number of anilines is 1. The Balaban J connectivity index is 1.82. The number of nitrogens with one attached hydrogen (secondary N) is 2. The molecule has 2 aromatic carbocycles. The van der Waals surface area contributed by atoms with E-state index in [0.717, 1.165) is 47.0 Å². The van der Waals surface area contributed by atoms with Gasteiger partial charge in [0.1, 0.15) is 18.0 Å². The van der Waals surface area contributed by atoms with Crippen LogP contribution in [0, 0.1) is 5.82 Å². The first kappa shape index (κ1) is 17.0. The van der Waals surface area contributed by atoms with Crippen molar-refractivity contribution in [3.8, 4) is 0 Å². The maximum absolute atomic E-state index is 14.3. The van der Waals surface area contributed by atoms with Gasteiger partial charge in [-0.3, -0.25) is 0 Å². The second-order valence-corrected chi connectivity index (χ2v) is 7.24. The molecule has 2 atom stereocenters. The normalized spacial score (nSPS) is 20.4. The van der Waals surface area contributed by atoms with Crippen molar-refractivity contribution in [2.75, 3.05) is 11.9 Å². The first-order chi connectivity index (χ1) is 13.8. The van der Waals surface area contributed by atoms with E-state index in [1.165, 1.54) is 5.57 Å². The second-order valence-electron chi connectivity index (χ2n) is 7.24. The minimum absolute atomic E-state index is 0.0230. The Labute approximate surface area is 162 Å². The predicted molar refractivity (Wildman–Crippen MR) is 107 cm³/mol. The Hall–Kier alpha value is -3.15. The minimum atomic E-state index is -0.234. The summed E-state index contributed by atoms with van der Waals surface area (Å²) < 4.78 is 16.3. The highest BCUT2D eigenvalue weighted by Crippen LogP contribution is 2.42. The number of benzene rings is 2. The quantitative estimate of drug-likeness (QED) is 0.738. The van der Waals surface area contributed by atoms with Crippen molar-refractivity contribution in [1.82, 2.24) is 20.1 Å². The molecular weight excluding hydrogens is 353 g/mol. The molecule has 0 amide bonds. The van der Waals surface area contributed by atoms with Crippen LogP contribution in [0.1, 0.15) is 36.7 Å². The molecule has 0 saturated heterocycles. The lowest BCUT2D eigenvalue weighted by Crippen LogP contribution is -2.40. The van der Waals surface area contributed by atoms with E-state index >= 15 is 0 Å². The minimum Gasteiger partial charge on any atom is -0.390 e. The van der Waals surface area contributed by atoms with Crippen LogP contribution in [-0.4, -0.2) is 21.3 Å². The fourth-order valence-corrected chi connectivity index (χ4v) is 4.49. The van der Waals surface area contributed by atoms with E-state index in [2.05, 4.69) is 39.8 Å². The molecule has 28 heavy (non-hydrogen) atoms. The van der Waals surface area contributed by atoms with E-state index in [1.807, 2.05) is 29.1 Å². The van der Waals surface area contributed by atoms with Crippen LogP contribution >= 0.6 is 0 Å². The standard InChI is InChI=1S/C22H22FN5/c1-2-28-22(25-13-26-28)20-17-8-9-24-12-15-10-16(23)11-18(19(15)17)27-21(20)14-6-4-3-5-7-14/h3-7,10-13,20-21,24,27H,2,8-9H2,1H3. The SMILES string of the molecule is CCn1ncnc1C1C2=c3c(cc(F)cc3=CNCC2)NC1c1ccccc1. The van der Waals surface area contributed by atoms with Crippen LogP contribution in [-0.2, 0) is 6.54 Å². The molecule has 0 spiro atoms. The lowest BCUT2D eigenvalue weighted by molar-refractivity contribution is 0.551. The van der Waals surface area contributed by atoms with Gasteiger partial charge in [0.25, 0.3) is 0 Å². The van der Waals surface area contributed by atoms with Crippen molar-refractivity contribution in [3.63, 3.8) is 0 Å². The van der Waals surface area contributed by atoms with Gasteiger partial charge < -0.3 is 10.6 Å². The van der Waals surface area contributed by atoms with Crippen LogP contribution in [0.2, 0.25) is 0 Å². The first-order valence-corrected chi connectivity index (χ1v) is 9.71. The van der Waals surface area contributed by atoms with Gasteiger partial charge in [0.05, 0.1) is 12.0 Å². The van der Waals surface area contributed by atoms with Crippen LogP contribution in [0.3, 0.4) is 0 Å². The fourth-order valence-electron chi connectivity index (χ4n) is 4.49. The highest BCUT2D eigenvalue weighted by Gasteiger charge is 2.36. The summed E-state index contributed by atoms with van der Waals surface area (Å²) in [6, 6.07) is 13.5. The number of nitrogens with zero attached hydrogens (tertiary/aromatic N) is 3. The highest BCUT2D eigenvalue weighted by molar-refractivity contribution is 5.69. The zero-order chi connectivity index (χ0) is 19.1. The maximum atomic E-state index is 14.3. The van der Waals surface area contributed by atoms with Crippen molar-refractivity contribution in [2.24, 2.45) is 0 Å². The smallest absolute Gasteiger partial charge is 0.138 e. The van der Waals surface area contributed by atoms with Crippen LogP contribution in [0.4, 0.5) is 10.1 Å². The number of rotatable bonds is 3. The van der Waals surface area contributed by atoms with Crippen LogP contribution in [0.5, 0.6) is 0 Å². The molecule has 0 saturated carbocycles. The summed E-state index contributed by atoms with van der Waals surface area (Å²) in [4.78, 5) is 4.65. The fraction of sp³-hybridized carbons (Fsp3) is 0.273. The Kier molecular flexibility index (Phi) is 4.11. The summed E-state index contributed by atoms with van der Waals surface area (Å²) in [5, 5.41) is 13.3. The summed E-state index contributed by atoms with van der Waals surface area (Å²) in [6.07, 6.45) is 4.42. The lowest BCUT2D eigenvalue weighted by atomic mass is 9.80. The molecule has 3 aromatic rings. The molecule has 6 heteroatoms. The number of aryl methyl sites for hydroxylation is 1. The molecule has 3 heterocycles. The molecule has 0 fully saturated rings. The van der Waals surface area contributed by atoms with Crippen molar-refractivity contribution in [3.05, 3.63) is 76.4 Å². The van der Waals surface area contributed by atoms with Crippen LogP contribution in [0.15, 0.2) is 48.8 Å². The Morgan fingerprint density at radius 3 is 2.89 bits per heavy atom. The molecule has 2 aliphatic rings. The number of hydrogen-bond acceptors (Lipinski definition) is 4. The topological polar surface area (TPSA) is 54.8 Å². The molecule has 2 unspecified atom stereocenters. The predicted octanol–water partition coefficient (Wildman–Crippen LogP) is 2.27. The maximum Gasteiger partial charge on any atom is 0.138 e. The summed E-state index contributed by atoms with van der Waals surface area (Å²) in [7, 11) is 0. The molecule has 2 aliphatic heterocycles. The zero-order valence-electron chi connectivity index (χ0n) is 15.7. The molecule has 0 bridgehead atoms. The summed E-state index contributed by atoms with van der Waals surface area (Å²) in [5.74, 6) is 0.735. The molecule has 0 aliphatic carbocycles.